The number of sulfone groups is 1. The molecule has 3 rings (SSSR count). The maximum atomic E-state index is 11.5. The van der Waals surface area contributed by atoms with Gasteiger partial charge in [-0.1, -0.05) is 30.3 Å². The first-order valence-electron chi connectivity index (χ1n) is 8.18. The van der Waals surface area contributed by atoms with E-state index in [-0.39, 0.29) is 12.0 Å². The summed E-state index contributed by atoms with van der Waals surface area (Å²) in [5.74, 6) is 1.29. The molecular weight excluding hydrogens is 340 g/mol. The van der Waals surface area contributed by atoms with E-state index in [2.05, 4.69) is 0 Å². The van der Waals surface area contributed by atoms with Crippen molar-refractivity contribution in [3.63, 3.8) is 0 Å². The Hall–Kier alpha value is -2.05. The van der Waals surface area contributed by atoms with Gasteiger partial charge in [0.15, 0.2) is 27.6 Å². The smallest absolute Gasteiger partial charge is 0.200 e. The van der Waals surface area contributed by atoms with E-state index in [1.165, 1.54) is 6.26 Å². The van der Waals surface area contributed by atoms with E-state index in [9.17, 15) is 8.42 Å². The zero-order valence-electron chi connectivity index (χ0n) is 14.4. The maximum Gasteiger partial charge on any atom is 0.200 e. The Balaban J connectivity index is 1.90. The summed E-state index contributed by atoms with van der Waals surface area (Å²) in [4.78, 5) is 0. The lowest BCUT2D eigenvalue weighted by molar-refractivity contribution is -0.0402. The lowest BCUT2D eigenvalue weighted by Crippen LogP contribution is -2.14. The van der Waals surface area contributed by atoms with Gasteiger partial charge in [0.2, 0.25) is 0 Å². The molecule has 1 unspecified atom stereocenters. The standard InChI is InChI=1S/C19H22O5S/c1-22-17-9-8-16(12-18(17)24-19-7-4-10-23-19)15-6-3-5-14(11-15)13-25(2,20)21/h3,5-6,8-9,11-12,19H,4,7,10,13H2,1-2H3. The van der Waals surface area contributed by atoms with Crippen LogP contribution in [0, 0.1) is 0 Å². The second-order valence-corrected chi connectivity index (χ2v) is 8.34. The Morgan fingerprint density at radius 3 is 2.60 bits per heavy atom. The molecule has 1 aliphatic rings. The molecule has 0 radical (unpaired) electrons. The first-order chi connectivity index (χ1) is 11.9. The summed E-state index contributed by atoms with van der Waals surface area (Å²) in [6, 6.07) is 13.2. The summed E-state index contributed by atoms with van der Waals surface area (Å²) < 4.78 is 39.9. The van der Waals surface area contributed by atoms with Crippen molar-refractivity contribution in [1.82, 2.24) is 0 Å². The quantitative estimate of drug-likeness (QED) is 0.788. The molecule has 134 valence electrons. The van der Waals surface area contributed by atoms with Crippen molar-refractivity contribution in [2.45, 2.75) is 24.9 Å². The Bertz CT molecular complexity index is 839. The summed E-state index contributed by atoms with van der Waals surface area (Å²) in [6.45, 7) is 0.709. The van der Waals surface area contributed by atoms with Crippen LogP contribution in [0.15, 0.2) is 42.5 Å². The molecule has 2 aromatic rings. The highest BCUT2D eigenvalue weighted by Crippen LogP contribution is 2.34. The number of ether oxygens (including phenoxy) is 3. The van der Waals surface area contributed by atoms with Crippen molar-refractivity contribution in [3.8, 4) is 22.6 Å². The normalized spacial score (nSPS) is 17.4. The molecule has 6 heteroatoms. The number of benzene rings is 2. The number of hydrogen-bond donors (Lipinski definition) is 0. The largest absolute Gasteiger partial charge is 0.493 e. The SMILES string of the molecule is COc1ccc(-c2cccc(CS(C)(=O)=O)c2)cc1OC1CCCO1. The van der Waals surface area contributed by atoms with Gasteiger partial charge in [-0.2, -0.15) is 0 Å². The van der Waals surface area contributed by atoms with Crippen LogP contribution in [0.5, 0.6) is 11.5 Å². The van der Waals surface area contributed by atoms with Gasteiger partial charge in [-0.3, -0.25) is 0 Å². The molecule has 0 bridgehead atoms. The minimum Gasteiger partial charge on any atom is -0.493 e. The van der Waals surface area contributed by atoms with Crippen molar-refractivity contribution in [1.29, 1.82) is 0 Å². The van der Waals surface area contributed by atoms with Crippen LogP contribution in [0.3, 0.4) is 0 Å². The Labute approximate surface area is 148 Å². The van der Waals surface area contributed by atoms with Crippen molar-refractivity contribution >= 4 is 9.84 Å². The predicted octanol–water partition coefficient (Wildman–Crippen LogP) is 3.42. The lowest BCUT2D eigenvalue weighted by Gasteiger charge is -2.16. The minimum atomic E-state index is -3.07. The van der Waals surface area contributed by atoms with E-state index < -0.39 is 9.84 Å². The third-order valence-corrected chi connectivity index (χ3v) is 4.86. The van der Waals surface area contributed by atoms with Crippen LogP contribution in [-0.4, -0.2) is 34.7 Å². The highest BCUT2D eigenvalue weighted by molar-refractivity contribution is 7.89. The predicted molar refractivity (Wildman–Crippen MR) is 96.6 cm³/mol. The van der Waals surface area contributed by atoms with Crippen LogP contribution in [0.1, 0.15) is 18.4 Å². The molecule has 1 aliphatic heterocycles. The fraction of sp³-hybridized carbons (Fsp3) is 0.368. The molecule has 0 aliphatic carbocycles. The first-order valence-corrected chi connectivity index (χ1v) is 10.2. The van der Waals surface area contributed by atoms with Crippen molar-refractivity contribution in [2.75, 3.05) is 20.0 Å². The van der Waals surface area contributed by atoms with E-state index in [0.717, 1.165) is 29.5 Å². The fourth-order valence-electron chi connectivity index (χ4n) is 2.87. The molecule has 25 heavy (non-hydrogen) atoms. The highest BCUT2D eigenvalue weighted by atomic mass is 32.2. The third-order valence-electron chi connectivity index (χ3n) is 4.00. The molecule has 0 N–H and O–H groups in total. The second-order valence-electron chi connectivity index (χ2n) is 6.20. The van der Waals surface area contributed by atoms with E-state index in [0.29, 0.717) is 18.1 Å². The van der Waals surface area contributed by atoms with Crippen LogP contribution in [0.2, 0.25) is 0 Å². The average Bonchev–Trinajstić information content (AvgIpc) is 3.06. The third kappa shape index (κ3) is 4.74. The van der Waals surface area contributed by atoms with Crippen LogP contribution in [0.4, 0.5) is 0 Å². The maximum absolute atomic E-state index is 11.5. The number of hydrogen-bond acceptors (Lipinski definition) is 5. The van der Waals surface area contributed by atoms with Crippen LogP contribution >= 0.6 is 0 Å². The molecule has 1 saturated heterocycles. The summed E-state index contributed by atoms with van der Waals surface area (Å²) in [5.41, 5.74) is 2.63. The van der Waals surface area contributed by atoms with E-state index in [1.807, 2.05) is 42.5 Å². The zero-order valence-corrected chi connectivity index (χ0v) is 15.2. The summed E-state index contributed by atoms with van der Waals surface area (Å²) in [5, 5.41) is 0. The summed E-state index contributed by atoms with van der Waals surface area (Å²) >= 11 is 0. The molecule has 0 spiro atoms. The monoisotopic (exact) mass is 362 g/mol. The fourth-order valence-corrected chi connectivity index (χ4v) is 3.66. The van der Waals surface area contributed by atoms with Crippen molar-refractivity contribution < 1.29 is 22.6 Å². The Morgan fingerprint density at radius 2 is 1.92 bits per heavy atom. The van der Waals surface area contributed by atoms with E-state index >= 15 is 0 Å². The van der Waals surface area contributed by atoms with Crippen molar-refractivity contribution in [2.24, 2.45) is 0 Å². The van der Waals surface area contributed by atoms with Gasteiger partial charge >= 0.3 is 0 Å². The molecule has 2 aromatic carbocycles. The summed E-state index contributed by atoms with van der Waals surface area (Å²) in [7, 11) is -1.47. The van der Waals surface area contributed by atoms with Crippen molar-refractivity contribution in [3.05, 3.63) is 48.0 Å². The zero-order chi connectivity index (χ0) is 17.9. The molecule has 1 atom stereocenters. The van der Waals surface area contributed by atoms with E-state index in [1.54, 1.807) is 7.11 Å². The van der Waals surface area contributed by atoms with Gasteiger partial charge in [-0.15, -0.1) is 0 Å². The van der Waals surface area contributed by atoms with Gasteiger partial charge < -0.3 is 14.2 Å². The second kappa shape index (κ2) is 7.45. The molecule has 1 heterocycles. The Morgan fingerprint density at radius 1 is 1.12 bits per heavy atom. The van der Waals surface area contributed by atoms with Gasteiger partial charge in [0.25, 0.3) is 0 Å². The van der Waals surface area contributed by atoms with Gasteiger partial charge in [0.05, 0.1) is 19.5 Å². The average molecular weight is 362 g/mol. The Kier molecular flexibility index (Phi) is 5.30. The van der Waals surface area contributed by atoms with Gasteiger partial charge in [0.1, 0.15) is 0 Å². The topological polar surface area (TPSA) is 61.8 Å². The van der Waals surface area contributed by atoms with Gasteiger partial charge in [-0.25, -0.2) is 8.42 Å². The van der Waals surface area contributed by atoms with Gasteiger partial charge in [0, 0.05) is 12.7 Å². The molecule has 0 saturated carbocycles. The van der Waals surface area contributed by atoms with Crippen LogP contribution in [0.25, 0.3) is 11.1 Å². The molecule has 5 nitrogen and oxygen atoms in total. The summed E-state index contributed by atoms with van der Waals surface area (Å²) in [6.07, 6.45) is 2.83. The first kappa shape index (κ1) is 17.8. The highest BCUT2D eigenvalue weighted by Gasteiger charge is 2.19. The van der Waals surface area contributed by atoms with Gasteiger partial charge in [-0.05, 0) is 35.2 Å². The molecule has 0 aromatic heterocycles. The van der Waals surface area contributed by atoms with E-state index in [4.69, 9.17) is 14.2 Å². The molecular formula is C19H22O5S. The minimum absolute atomic E-state index is 0.0241. The molecule has 1 fully saturated rings. The molecule has 0 amide bonds. The van der Waals surface area contributed by atoms with Crippen LogP contribution in [-0.2, 0) is 20.3 Å². The number of rotatable bonds is 6. The lowest BCUT2D eigenvalue weighted by atomic mass is 10.0. The number of methoxy groups -OCH3 is 1. The van der Waals surface area contributed by atoms with Crippen LogP contribution < -0.4 is 9.47 Å².